The smallest absolute Gasteiger partial charge is 0.245 e. The zero-order valence-corrected chi connectivity index (χ0v) is 33.0. The number of nitrogens with zero attached hydrogens (tertiary/aromatic N) is 9. The number of amides is 1. The van der Waals surface area contributed by atoms with Gasteiger partial charge in [0.1, 0.15) is 22.7 Å². The van der Waals surface area contributed by atoms with Crippen molar-refractivity contribution in [2.24, 2.45) is 5.41 Å². The Hall–Kier alpha value is -4.73. The number of carbonyl (C=O) groups is 3. The van der Waals surface area contributed by atoms with E-state index >= 15 is 0 Å². The third-order valence-corrected chi connectivity index (χ3v) is 12.6. The highest BCUT2D eigenvalue weighted by atomic mass is 79.9. The average molecular weight is 808 g/mol. The summed E-state index contributed by atoms with van der Waals surface area (Å²) in [6, 6.07) is 6.80. The second-order valence-electron chi connectivity index (χ2n) is 15.7. The van der Waals surface area contributed by atoms with Crippen LogP contribution in [0.2, 0.25) is 0 Å². The predicted octanol–water partition coefficient (Wildman–Crippen LogP) is 5.42. The van der Waals surface area contributed by atoms with E-state index in [9.17, 15) is 14.4 Å². The number of fused-ring (bicyclic) bond motifs is 4. The van der Waals surface area contributed by atoms with Crippen molar-refractivity contribution in [1.82, 2.24) is 50.0 Å². The van der Waals surface area contributed by atoms with Gasteiger partial charge in [0.15, 0.2) is 11.6 Å². The number of hydrogen-bond donors (Lipinski definition) is 1. The molecule has 2 saturated heterocycles. The number of halogens is 1. The molecule has 15 heteroatoms. The predicted molar refractivity (Wildman–Crippen MR) is 205 cm³/mol. The third-order valence-electron chi connectivity index (χ3n) is 12.1. The van der Waals surface area contributed by atoms with Crippen molar-refractivity contribution < 1.29 is 18.8 Å². The second kappa shape index (κ2) is 13.8. The van der Waals surface area contributed by atoms with Crippen molar-refractivity contribution in [2.75, 3.05) is 13.1 Å². The maximum absolute atomic E-state index is 14.8. The molecule has 9 rings (SSSR count). The van der Waals surface area contributed by atoms with Gasteiger partial charge in [-0.1, -0.05) is 13.0 Å². The summed E-state index contributed by atoms with van der Waals surface area (Å²) in [5.41, 5.74) is 4.77. The van der Waals surface area contributed by atoms with E-state index < -0.39 is 6.04 Å². The van der Waals surface area contributed by atoms with Crippen molar-refractivity contribution in [2.45, 2.75) is 103 Å². The van der Waals surface area contributed by atoms with Gasteiger partial charge in [0.2, 0.25) is 17.7 Å². The summed E-state index contributed by atoms with van der Waals surface area (Å²) in [6.45, 7) is 9.19. The first-order valence-corrected chi connectivity index (χ1v) is 19.9. The van der Waals surface area contributed by atoms with Gasteiger partial charge in [-0.2, -0.15) is 5.10 Å². The van der Waals surface area contributed by atoms with Gasteiger partial charge in [-0.25, -0.2) is 15.0 Å². The number of hydrogen-bond acceptors (Lipinski definition) is 12. The molecule has 3 aliphatic heterocycles. The fourth-order valence-electron chi connectivity index (χ4n) is 9.19. The fourth-order valence-corrected chi connectivity index (χ4v) is 9.54. The summed E-state index contributed by atoms with van der Waals surface area (Å²) < 4.78 is 8.79. The Bertz CT molecular complexity index is 2360. The van der Waals surface area contributed by atoms with Crippen LogP contribution in [-0.2, 0) is 29.1 Å². The van der Waals surface area contributed by atoms with E-state index in [0.717, 1.165) is 54.6 Å². The molecule has 1 N–H and O–H groups in total. The number of ketones is 2. The number of piperidine rings is 1. The SMILES string of the molecule is CCC1NCc2cc(-c3cnc(C)nc3)cc3c(C(C)=O)nn(c23)CC(=O)N2[C@H](C(=O)Cc3nc(Br)ccc3C)C[C@]3(C[C@@H]23)CN2CCC[C@H]2c2nnc1o2. The molecule has 7 heterocycles. The Morgan fingerprint density at radius 1 is 1.07 bits per heavy atom. The Morgan fingerprint density at radius 3 is 2.65 bits per heavy atom. The van der Waals surface area contributed by atoms with Crippen LogP contribution in [0.5, 0.6) is 0 Å². The van der Waals surface area contributed by atoms with Crippen LogP contribution in [-0.4, -0.2) is 87.4 Å². The van der Waals surface area contributed by atoms with Gasteiger partial charge in [-0.3, -0.25) is 24.0 Å². The highest BCUT2D eigenvalue weighted by molar-refractivity contribution is 9.10. The molecule has 5 atom stereocenters. The molecule has 1 unspecified atom stereocenters. The number of aromatic nitrogens is 7. The van der Waals surface area contributed by atoms with Crippen molar-refractivity contribution in [3.63, 3.8) is 0 Å². The minimum Gasteiger partial charge on any atom is -0.422 e. The first-order valence-electron chi connectivity index (χ1n) is 19.1. The molecular weight excluding hydrogens is 764 g/mol. The van der Waals surface area contributed by atoms with E-state index in [1.54, 1.807) is 17.1 Å². The maximum Gasteiger partial charge on any atom is 0.245 e. The van der Waals surface area contributed by atoms with Crippen LogP contribution in [0.4, 0.5) is 0 Å². The molecule has 14 nitrogen and oxygen atoms in total. The summed E-state index contributed by atoms with van der Waals surface area (Å²) in [7, 11) is 0. The number of Topliss-reactive ketones (excluding diaryl/α,β-unsaturated/α-hetero) is 2. The Kier molecular flexibility index (Phi) is 9.01. The van der Waals surface area contributed by atoms with Crippen LogP contribution < -0.4 is 5.32 Å². The van der Waals surface area contributed by atoms with Crippen LogP contribution in [0.3, 0.4) is 0 Å². The minimum atomic E-state index is -0.616. The summed E-state index contributed by atoms with van der Waals surface area (Å²) in [5, 5.41) is 18.2. The number of nitrogens with one attached hydrogen (secondary N) is 1. The molecule has 4 aromatic heterocycles. The zero-order valence-electron chi connectivity index (χ0n) is 31.4. The van der Waals surface area contributed by atoms with Gasteiger partial charge < -0.3 is 14.6 Å². The van der Waals surface area contributed by atoms with E-state index in [1.807, 2.05) is 43.0 Å². The van der Waals surface area contributed by atoms with E-state index in [2.05, 4.69) is 58.2 Å². The van der Waals surface area contributed by atoms with E-state index in [0.29, 0.717) is 58.2 Å². The maximum atomic E-state index is 14.8. The highest BCUT2D eigenvalue weighted by Crippen LogP contribution is 2.61. The number of benzene rings is 1. The topological polar surface area (TPSA) is 165 Å². The van der Waals surface area contributed by atoms with E-state index in [-0.39, 0.29) is 59.7 Å². The average Bonchev–Trinajstić information content (AvgIpc) is 3.66. The first-order chi connectivity index (χ1) is 26.5. The standard InChI is InChI=1S/C40H43BrN10O4/c1-5-28-38-46-47-39(55-38)30-7-6-10-49(30)20-40-14-31(32(53)13-29-21(2)8-9-34(41)45-29)51(33(40)15-40)35(54)19-50-37-25(16-44-28)11-24(26-17-42-23(4)43-18-26)12-27(37)36(48-50)22(3)52/h8-9,11-12,17-18,28,30-31,33,44H,5-7,10,13-16,19-20H2,1-4H3/t28?,30-,31-,33+,40-/m0/s1. The van der Waals surface area contributed by atoms with Crippen molar-refractivity contribution in [1.29, 1.82) is 0 Å². The number of rotatable bonds is 6. The number of aryl methyl sites for hydroxylation is 2. The highest BCUT2D eigenvalue weighted by Gasteiger charge is 2.67. The zero-order chi connectivity index (χ0) is 38.2. The quantitative estimate of drug-likeness (QED) is 0.172. The molecule has 1 aromatic carbocycles. The largest absolute Gasteiger partial charge is 0.422 e. The van der Waals surface area contributed by atoms with Gasteiger partial charge in [0.25, 0.3) is 0 Å². The van der Waals surface area contributed by atoms with Gasteiger partial charge in [0.05, 0.1) is 35.8 Å². The van der Waals surface area contributed by atoms with Crippen LogP contribution in [0.15, 0.2) is 45.7 Å². The Morgan fingerprint density at radius 2 is 1.87 bits per heavy atom. The molecule has 284 valence electrons. The van der Waals surface area contributed by atoms with E-state index in [4.69, 9.17) is 9.52 Å². The van der Waals surface area contributed by atoms with Gasteiger partial charge in [-0.15, -0.1) is 10.2 Å². The lowest BCUT2D eigenvalue weighted by atomic mass is 9.94. The molecule has 5 aromatic rings. The Balaban J connectivity index is 1.17. The molecule has 3 fully saturated rings. The fraction of sp³-hybridized carbons (Fsp3) is 0.475. The molecule has 0 spiro atoms. The molecule has 0 radical (unpaired) electrons. The first kappa shape index (κ1) is 35.9. The molecule has 55 heavy (non-hydrogen) atoms. The monoisotopic (exact) mass is 806 g/mol. The van der Waals surface area contributed by atoms with Crippen LogP contribution >= 0.6 is 15.9 Å². The van der Waals surface area contributed by atoms with E-state index in [1.165, 1.54) is 6.92 Å². The lowest BCUT2D eigenvalue weighted by molar-refractivity contribution is -0.139. The van der Waals surface area contributed by atoms with Gasteiger partial charge in [-0.05, 0) is 103 Å². The van der Waals surface area contributed by atoms with Crippen LogP contribution in [0, 0.1) is 19.3 Å². The number of carbonyl (C=O) groups excluding carboxylic acids is 3. The molecule has 4 aliphatic rings. The van der Waals surface area contributed by atoms with Crippen LogP contribution in [0.1, 0.15) is 103 Å². The van der Waals surface area contributed by atoms with Crippen molar-refractivity contribution in [3.8, 4) is 11.1 Å². The van der Waals surface area contributed by atoms with Gasteiger partial charge in [0, 0.05) is 54.8 Å². The minimum absolute atomic E-state index is 0.0273. The third kappa shape index (κ3) is 6.39. The molecule has 4 bridgehead atoms. The van der Waals surface area contributed by atoms with Crippen molar-refractivity contribution in [3.05, 3.63) is 81.4 Å². The molecule has 1 amide bonds. The molecule has 1 saturated carbocycles. The molecule has 1 aliphatic carbocycles. The summed E-state index contributed by atoms with van der Waals surface area (Å²) >= 11 is 3.46. The lowest BCUT2D eigenvalue weighted by Gasteiger charge is -2.27. The lowest BCUT2D eigenvalue weighted by Crippen LogP contribution is -2.45. The summed E-state index contributed by atoms with van der Waals surface area (Å²) in [4.78, 5) is 60.1. The Labute approximate surface area is 326 Å². The van der Waals surface area contributed by atoms with Gasteiger partial charge >= 0.3 is 0 Å². The summed E-state index contributed by atoms with van der Waals surface area (Å²) in [6.07, 6.45) is 7.63. The summed E-state index contributed by atoms with van der Waals surface area (Å²) in [5.74, 6) is 1.35. The van der Waals surface area contributed by atoms with Crippen molar-refractivity contribution >= 4 is 44.3 Å². The second-order valence-corrected chi connectivity index (χ2v) is 16.5. The number of pyridine rings is 1. The molecular formula is C40H43BrN10O4. The van der Waals surface area contributed by atoms with Crippen LogP contribution in [0.25, 0.3) is 22.0 Å². The normalized spacial score (nSPS) is 25.2.